The van der Waals surface area contributed by atoms with E-state index < -0.39 is 33.6 Å². The third-order valence-electron chi connectivity index (χ3n) is 5.97. The molecular formula is C25H28F3N3O5S. The fraction of sp³-hybridized carbons (Fsp3) is 0.400. The summed E-state index contributed by atoms with van der Waals surface area (Å²) in [6.45, 7) is 1.63. The summed E-state index contributed by atoms with van der Waals surface area (Å²) in [5.41, 5.74) is 8.10. The summed E-state index contributed by atoms with van der Waals surface area (Å²) in [7, 11) is -3.21. The van der Waals surface area contributed by atoms with Crippen LogP contribution in [0.2, 0.25) is 0 Å². The lowest BCUT2D eigenvalue weighted by molar-refractivity contribution is -0.192. The van der Waals surface area contributed by atoms with E-state index in [1.807, 2.05) is 24.3 Å². The topological polar surface area (TPSA) is 150 Å². The lowest BCUT2D eigenvalue weighted by atomic mass is 9.96. The Kier molecular flexibility index (Phi) is 9.83. The predicted molar refractivity (Wildman–Crippen MR) is 130 cm³/mol. The average molecular weight is 540 g/mol. The van der Waals surface area contributed by atoms with Crippen molar-refractivity contribution < 1.29 is 36.3 Å². The van der Waals surface area contributed by atoms with Crippen LogP contribution in [0.1, 0.15) is 38.2 Å². The fourth-order valence-electron chi connectivity index (χ4n) is 3.75. The normalized spacial score (nSPS) is 15.6. The summed E-state index contributed by atoms with van der Waals surface area (Å²) in [5.74, 6) is -2.93. The minimum absolute atomic E-state index is 0.0723. The van der Waals surface area contributed by atoms with Crippen molar-refractivity contribution in [1.29, 1.82) is 5.26 Å². The molecule has 1 amide bonds. The second-order valence-electron chi connectivity index (χ2n) is 8.65. The number of carbonyl (C=O) groups excluding carboxylic acids is 1. The molecule has 0 aliphatic heterocycles. The van der Waals surface area contributed by atoms with Gasteiger partial charge in [-0.25, -0.2) is 13.2 Å². The molecule has 2 aromatic carbocycles. The van der Waals surface area contributed by atoms with Gasteiger partial charge in [-0.05, 0) is 41.7 Å². The van der Waals surface area contributed by atoms with Crippen LogP contribution in [0.5, 0.6) is 0 Å². The number of nitriles is 1. The van der Waals surface area contributed by atoms with Crippen LogP contribution >= 0.6 is 0 Å². The molecule has 12 heteroatoms. The number of carboxylic acids is 1. The summed E-state index contributed by atoms with van der Waals surface area (Å²) in [6.07, 6.45) is -1.50. The molecule has 0 spiro atoms. The molecule has 1 fully saturated rings. The number of alkyl halides is 3. The van der Waals surface area contributed by atoms with Gasteiger partial charge in [-0.3, -0.25) is 4.79 Å². The Morgan fingerprint density at radius 3 is 1.95 bits per heavy atom. The lowest BCUT2D eigenvalue weighted by Crippen LogP contribution is -2.54. The molecule has 4 N–H and O–H groups in total. The van der Waals surface area contributed by atoms with Crippen molar-refractivity contribution in [1.82, 2.24) is 5.32 Å². The van der Waals surface area contributed by atoms with E-state index in [0.717, 1.165) is 29.5 Å². The minimum atomic E-state index is -5.08. The van der Waals surface area contributed by atoms with Crippen LogP contribution in [0.3, 0.4) is 0 Å². The van der Waals surface area contributed by atoms with Crippen LogP contribution < -0.4 is 11.1 Å². The molecule has 1 unspecified atom stereocenters. The third-order valence-corrected chi connectivity index (χ3v) is 7.72. The number of benzene rings is 2. The molecule has 0 aromatic heterocycles. The van der Waals surface area contributed by atoms with E-state index in [9.17, 15) is 31.6 Å². The number of nitrogens with one attached hydrogen (secondary N) is 1. The molecule has 0 radical (unpaired) electrons. The van der Waals surface area contributed by atoms with Gasteiger partial charge in [0.1, 0.15) is 6.04 Å². The summed E-state index contributed by atoms with van der Waals surface area (Å²) in [6, 6.07) is 16.0. The predicted octanol–water partition coefficient (Wildman–Crippen LogP) is 3.60. The molecule has 2 aromatic rings. The Morgan fingerprint density at radius 2 is 1.54 bits per heavy atom. The monoisotopic (exact) mass is 539 g/mol. The Bertz CT molecular complexity index is 1230. The summed E-state index contributed by atoms with van der Waals surface area (Å²) >= 11 is 0. The number of nitrogens with zero attached hydrogens (tertiary/aromatic N) is 1. The van der Waals surface area contributed by atoms with Gasteiger partial charge in [0.05, 0.1) is 22.3 Å². The Hall–Kier alpha value is -3.43. The van der Waals surface area contributed by atoms with Crippen LogP contribution in [0, 0.1) is 11.3 Å². The number of nitrogens with two attached hydrogens (primary N) is 1. The van der Waals surface area contributed by atoms with E-state index in [2.05, 4.69) is 11.4 Å². The number of sulfone groups is 1. The Morgan fingerprint density at radius 1 is 1.08 bits per heavy atom. The fourth-order valence-corrected chi connectivity index (χ4v) is 4.64. The Balaban J connectivity index is 0.000000604. The molecular weight excluding hydrogens is 511 g/mol. The smallest absolute Gasteiger partial charge is 0.475 e. The molecule has 1 saturated carbocycles. The molecule has 0 heterocycles. The quantitative estimate of drug-likeness (QED) is 0.486. The van der Waals surface area contributed by atoms with Crippen molar-refractivity contribution >= 4 is 21.7 Å². The number of rotatable bonds is 7. The van der Waals surface area contributed by atoms with E-state index >= 15 is 0 Å². The van der Waals surface area contributed by atoms with Crippen molar-refractivity contribution in [2.75, 3.05) is 5.75 Å². The molecule has 3 rings (SSSR count). The lowest BCUT2D eigenvalue weighted by Gasteiger charge is -2.24. The largest absolute Gasteiger partial charge is 0.490 e. The van der Waals surface area contributed by atoms with Gasteiger partial charge in [0.15, 0.2) is 9.84 Å². The Labute approximate surface area is 213 Å². The maximum Gasteiger partial charge on any atom is 0.490 e. The molecule has 1 aliphatic rings. The molecule has 0 saturated heterocycles. The number of hydrogen-bond donors (Lipinski definition) is 3. The van der Waals surface area contributed by atoms with Crippen molar-refractivity contribution in [3.05, 3.63) is 54.1 Å². The standard InChI is InChI=1S/C23H27N3O3S.C2HF3O2/c1-2-30(28,29)21-11-9-19(10-12-21)18-7-5-17(6-8-18)15-20(16-24)26-22(27)23(25)13-3-4-14-23;3-2(4,5)1(6)7/h5-12,20H,2-4,13-15,25H2,1H3,(H,26,27);(H,6,7). The maximum absolute atomic E-state index is 12.5. The number of carboxylic acid groups (broad SMARTS) is 1. The zero-order valence-electron chi connectivity index (χ0n) is 20.1. The SMILES string of the molecule is CCS(=O)(=O)c1ccc(-c2ccc(CC(C#N)NC(=O)C3(N)CCCC3)cc2)cc1.O=C(O)C(F)(F)F. The van der Waals surface area contributed by atoms with E-state index in [1.54, 1.807) is 31.2 Å². The van der Waals surface area contributed by atoms with Gasteiger partial charge in [0.2, 0.25) is 5.91 Å². The van der Waals surface area contributed by atoms with Gasteiger partial charge in [-0.15, -0.1) is 0 Å². The molecule has 200 valence electrons. The summed E-state index contributed by atoms with van der Waals surface area (Å²) in [4.78, 5) is 21.7. The van der Waals surface area contributed by atoms with E-state index in [0.29, 0.717) is 24.2 Å². The van der Waals surface area contributed by atoms with Gasteiger partial charge < -0.3 is 16.2 Å². The first kappa shape index (κ1) is 29.8. The summed E-state index contributed by atoms with van der Waals surface area (Å²) < 4.78 is 55.6. The molecule has 37 heavy (non-hydrogen) atoms. The van der Waals surface area contributed by atoms with Crippen molar-refractivity contribution in [3.63, 3.8) is 0 Å². The number of hydrogen-bond acceptors (Lipinski definition) is 6. The third kappa shape index (κ3) is 8.30. The average Bonchev–Trinajstić information content (AvgIpc) is 3.31. The van der Waals surface area contributed by atoms with Crippen LogP contribution in [-0.4, -0.2) is 48.9 Å². The highest BCUT2D eigenvalue weighted by atomic mass is 32.2. The summed E-state index contributed by atoms with van der Waals surface area (Å²) in [5, 5.41) is 19.4. The highest BCUT2D eigenvalue weighted by Crippen LogP contribution is 2.27. The number of halogens is 3. The van der Waals surface area contributed by atoms with Crippen molar-refractivity contribution in [3.8, 4) is 17.2 Å². The van der Waals surface area contributed by atoms with E-state index in [-0.39, 0.29) is 11.7 Å². The van der Waals surface area contributed by atoms with Gasteiger partial charge in [0, 0.05) is 6.42 Å². The van der Waals surface area contributed by atoms with Crippen LogP contribution in [0.4, 0.5) is 13.2 Å². The zero-order chi connectivity index (χ0) is 27.9. The molecule has 1 atom stereocenters. The highest BCUT2D eigenvalue weighted by Gasteiger charge is 2.38. The van der Waals surface area contributed by atoms with E-state index in [4.69, 9.17) is 15.6 Å². The number of amides is 1. The minimum Gasteiger partial charge on any atom is -0.475 e. The van der Waals surface area contributed by atoms with Crippen molar-refractivity contribution in [2.45, 2.75) is 61.7 Å². The van der Waals surface area contributed by atoms with Gasteiger partial charge in [-0.1, -0.05) is 56.2 Å². The van der Waals surface area contributed by atoms with Gasteiger partial charge in [0.25, 0.3) is 0 Å². The van der Waals surface area contributed by atoms with Crippen LogP contribution in [0.15, 0.2) is 53.4 Å². The number of carbonyl (C=O) groups is 2. The van der Waals surface area contributed by atoms with E-state index in [1.165, 1.54) is 0 Å². The first-order valence-electron chi connectivity index (χ1n) is 11.4. The molecule has 8 nitrogen and oxygen atoms in total. The first-order valence-corrected chi connectivity index (χ1v) is 13.1. The van der Waals surface area contributed by atoms with Gasteiger partial charge >= 0.3 is 12.1 Å². The molecule has 1 aliphatic carbocycles. The molecule has 0 bridgehead atoms. The van der Waals surface area contributed by atoms with Crippen LogP contribution in [0.25, 0.3) is 11.1 Å². The first-order chi connectivity index (χ1) is 17.2. The maximum atomic E-state index is 12.5. The highest BCUT2D eigenvalue weighted by molar-refractivity contribution is 7.91. The second-order valence-corrected chi connectivity index (χ2v) is 10.9. The zero-order valence-corrected chi connectivity index (χ0v) is 20.9. The van der Waals surface area contributed by atoms with Crippen LogP contribution in [-0.2, 0) is 25.8 Å². The van der Waals surface area contributed by atoms with Crippen molar-refractivity contribution in [2.24, 2.45) is 5.73 Å². The van der Waals surface area contributed by atoms with Gasteiger partial charge in [-0.2, -0.15) is 18.4 Å². The second kappa shape index (κ2) is 12.2. The number of aliphatic carboxylic acids is 1.